The minimum Gasteiger partial charge on any atom is -0.337 e. The standard InChI is InChI=1S/C16H14BrF2NO/c1-10-4-3-5-13(15(10)17)16(21)20(2)9-11-6-7-12(18)8-14(11)19/h3-8H,9H2,1-2H3. The second kappa shape index (κ2) is 6.35. The highest BCUT2D eigenvalue weighted by Crippen LogP contribution is 2.23. The number of benzene rings is 2. The predicted octanol–water partition coefficient (Wildman–Crippen LogP) is 4.31. The number of hydrogen-bond acceptors (Lipinski definition) is 1. The summed E-state index contributed by atoms with van der Waals surface area (Å²) in [5, 5.41) is 0. The molecule has 0 aliphatic carbocycles. The molecule has 0 radical (unpaired) electrons. The smallest absolute Gasteiger partial charge is 0.255 e. The lowest BCUT2D eigenvalue weighted by Gasteiger charge is -2.19. The summed E-state index contributed by atoms with van der Waals surface area (Å²) in [6.07, 6.45) is 0. The molecule has 0 aromatic heterocycles. The van der Waals surface area contributed by atoms with Crippen LogP contribution in [0.5, 0.6) is 0 Å². The topological polar surface area (TPSA) is 20.3 Å². The number of aryl methyl sites for hydroxylation is 1. The van der Waals surface area contributed by atoms with E-state index < -0.39 is 11.6 Å². The first kappa shape index (κ1) is 15.6. The molecule has 0 N–H and O–H groups in total. The minimum absolute atomic E-state index is 0.0747. The molecule has 5 heteroatoms. The molecular formula is C16H14BrF2NO. The summed E-state index contributed by atoms with van der Waals surface area (Å²) in [7, 11) is 1.58. The van der Waals surface area contributed by atoms with Crippen molar-refractivity contribution >= 4 is 21.8 Å². The van der Waals surface area contributed by atoms with Crippen LogP contribution in [-0.2, 0) is 6.54 Å². The van der Waals surface area contributed by atoms with E-state index in [0.717, 1.165) is 16.1 Å². The first-order valence-corrected chi connectivity index (χ1v) is 7.14. The maximum absolute atomic E-state index is 13.6. The van der Waals surface area contributed by atoms with Crippen LogP contribution in [0, 0.1) is 18.6 Å². The highest BCUT2D eigenvalue weighted by atomic mass is 79.9. The molecule has 2 aromatic rings. The van der Waals surface area contributed by atoms with Crippen molar-refractivity contribution in [3.8, 4) is 0 Å². The third-order valence-electron chi connectivity index (χ3n) is 3.19. The zero-order chi connectivity index (χ0) is 15.6. The Morgan fingerprint density at radius 1 is 1.24 bits per heavy atom. The van der Waals surface area contributed by atoms with Gasteiger partial charge in [0.25, 0.3) is 5.91 Å². The van der Waals surface area contributed by atoms with E-state index in [1.165, 1.54) is 17.0 Å². The molecule has 1 amide bonds. The van der Waals surface area contributed by atoms with Gasteiger partial charge in [-0.25, -0.2) is 8.78 Å². The number of nitrogens with zero attached hydrogens (tertiary/aromatic N) is 1. The third kappa shape index (κ3) is 3.47. The Kier molecular flexibility index (Phi) is 4.73. The average Bonchev–Trinajstić information content (AvgIpc) is 2.44. The van der Waals surface area contributed by atoms with E-state index in [2.05, 4.69) is 15.9 Å². The van der Waals surface area contributed by atoms with E-state index in [0.29, 0.717) is 5.56 Å². The van der Waals surface area contributed by atoms with Crippen LogP contribution >= 0.6 is 15.9 Å². The fourth-order valence-electron chi connectivity index (χ4n) is 2.00. The Bertz CT molecular complexity index is 688. The Labute approximate surface area is 130 Å². The quantitative estimate of drug-likeness (QED) is 0.805. The summed E-state index contributed by atoms with van der Waals surface area (Å²) in [5.74, 6) is -1.51. The first-order chi connectivity index (χ1) is 9.90. The van der Waals surface area contributed by atoms with Gasteiger partial charge in [-0.15, -0.1) is 0 Å². The maximum atomic E-state index is 13.6. The maximum Gasteiger partial charge on any atom is 0.255 e. The molecule has 0 unspecified atom stereocenters. The zero-order valence-electron chi connectivity index (χ0n) is 11.7. The van der Waals surface area contributed by atoms with E-state index in [1.807, 2.05) is 13.0 Å². The molecule has 2 rings (SSSR count). The van der Waals surface area contributed by atoms with Crippen LogP contribution in [0.3, 0.4) is 0 Å². The molecule has 0 saturated carbocycles. The van der Waals surface area contributed by atoms with E-state index in [1.54, 1.807) is 19.2 Å². The van der Waals surface area contributed by atoms with Crippen LogP contribution in [0.25, 0.3) is 0 Å². The average molecular weight is 354 g/mol. The van der Waals surface area contributed by atoms with Gasteiger partial charge in [0, 0.05) is 29.7 Å². The molecule has 0 bridgehead atoms. The number of halogens is 3. The molecule has 0 aliphatic rings. The molecule has 21 heavy (non-hydrogen) atoms. The number of rotatable bonds is 3. The molecule has 2 nitrogen and oxygen atoms in total. The van der Waals surface area contributed by atoms with Gasteiger partial charge in [0.15, 0.2) is 0 Å². The van der Waals surface area contributed by atoms with E-state index >= 15 is 0 Å². The molecule has 0 fully saturated rings. The van der Waals surface area contributed by atoms with Crippen LogP contribution < -0.4 is 0 Å². The molecule has 0 atom stereocenters. The fraction of sp³-hybridized carbons (Fsp3) is 0.188. The molecule has 2 aromatic carbocycles. The highest BCUT2D eigenvalue weighted by molar-refractivity contribution is 9.10. The zero-order valence-corrected chi connectivity index (χ0v) is 13.2. The van der Waals surface area contributed by atoms with Gasteiger partial charge < -0.3 is 4.90 Å². The summed E-state index contributed by atoms with van der Waals surface area (Å²) in [5.41, 5.74) is 1.73. The number of carbonyl (C=O) groups excluding carboxylic acids is 1. The van der Waals surface area contributed by atoms with Crippen molar-refractivity contribution in [1.29, 1.82) is 0 Å². The van der Waals surface area contributed by atoms with Crippen LogP contribution in [0.4, 0.5) is 8.78 Å². The van der Waals surface area contributed by atoms with Crippen molar-refractivity contribution in [2.75, 3.05) is 7.05 Å². The van der Waals surface area contributed by atoms with E-state index in [-0.39, 0.29) is 18.0 Å². The molecule has 110 valence electrons. The largest absolute Gasteiger partial charge is 0.337 e. The van der Waals surface area contributed by atoms with Crippen molar-refractivity contribution in [2.24, 2.45) is 0 Å². The van der Waals surface area contributed by atoms with Gasteiger partial charge in [-0.3, -0.25) is 4.79 Å². The fourth-order valence-corrected chi connectivity index (χ4v) is 2.43. The first-order valence-electron chi connectivity index (χ1n) is 6.34. The second-order valence-corrected chi connectivity index (χ2v) is 5.63. The lowest BCUT2D eigenvalue weighted by Crippen LogP contribution is -2.27. The van der Waals surface area contributed by atoms with E-state index in [4.69, 9.17) is 0 Å². The Balaban J connectivity index is 2.21. The van der Waals surface area contributed by atoms with Crippen molar-refractivity contribution in [1.82, 2.24) is 4.90 Å². The van der Waals surface area contributed by atoms with Crippen LogP contribution in [0.1, 0.15) is 21.5 Å². The van der Waals surface area contributed by atoms with Crippen molar-refractivity contribution in [3.63, 3.8) is 0 Å². The van der Waals surface area contributed by atoms with Crippen molar-refractivity contribution in [3.05, 3.63) is 69.2 Å². The van der Waals surface area contributed by atoms with Crippen LogP contribution in [0.15, 0.2) is 40.9 Å². The SMILES string of the molecule is Cc1cccc(C(=O)N(C)Cc2ccc(F)cc2F)c1Br. The summed E-state index contributed by atoms with van der Waals surface area (Å²) in [6, 6.07) is 8.73. The summed E-state index contributed by atoms with van der Waals surface area (Å²) >= 11 is 3.39. The Hall–Kier alpha value is -1.75. The summed E-state index contributed by atoms with van der Waals surface area (Å²) in [4.78, 5) is 13.8. The Morgan fingerprint density at radius 3 is 2.62 bits per heavy atom. The van der Waals surface area contributed by atoms with Gasteiger partial charge in [0.2, 0.25) is 0 Å². The van der Waals surface area contributed by atoms with Crippen LogP contribution in [-0.4, -0.2) is 17.9 Å². The van der Waals surface area contributed by atoms with Gasteiger partial charge in [0.1, 0.15) is 11.6 Å². The molecule has 0 saturated heterocycles. The molecular weight excluding hydrogens is 340 g/mol. The van der Waals surface area contributed by atoms with Gasteiger partial charge in [-0.05, 0) is 40.5 Å². The minimum atomic E-state index is -0.655. The van der Waals surface area contributed by atoms with Gasteiger partial charge in [-0.2, -0.15) is 0 Å². The Morgan fingerprint density at radius 2 is 1.95 bits per heavy atom. The lowest BCUT2D eigenvalue weighted by molar-refractivity contribution is 0.0783. The second-order valence-electron chi connectivity index (χ2n) is 4.83. The molecule has 0 heterocycles. The lowest BCUT2D eigenvalue weighted by atomic mass is 10.1. The van der Waals surface area contributed by atoms with E-state index in [9.17, 15) is 13.6 Å². The number of amides is 1. The third-order valence-corrected chi connectivity index (χ3v) is 4.24. The van der Waals surface area contributed by atoms with Gasteiger partial charge in [-0.1, -0.05) is 18.2 Å². The normalized spacial score (nSPS) is 10.5. The van der Waals surface area contributed by atoms with Gasteiger partial charge in [0.05, 0.1) is 5.56 Å². The highest BCUT2D eigenvalue weighted by Gasteiger charge is 2.17. The summed E-state index contributed by atoms with van der Waals surface area (Å²) < 4.78 is 27.2. The van der Waals surface area contributed by atoms with Crippen LogP contribution in [0.2, 0.25) is 0 Å². The van der Waals surface area contributed by atoms with Gasteiger partial charge >= 0.3 is 0 Å². The number of hydrogen-bond donors (Lipinski definition) is 0. The predicted molar refractivity (Wildman–Crippen MR) is 81.0 cm³/mol. The molecule has 0 aliphatic heterocycles. The molecule has 0 spiro atoms. The number of carbonyl (C=O) groups is 1. The van der Waals surface area contributed by atoms with Crippen molar-refractivity contribution < 1.29 is 13.6 Å². The monoisotopic (exact) mass is 353 g/mol. The van der Waals surface area contributed by atoms with Crippen molar-refractivity contribution in [2.45, 2.75) is 13.5 Å². The summed E-state index contributed by atoms with van der Waals surface area (Å²) in [6.45, 7) is 1.96.